The third-order valence-electron chi connectivity index (χ3n) is 6.36. The van der Waals surface area contributed by atoms with Crippen LogP contribution in [0.2, 0.25) is 0 Å². The Morgan fingerprint density at radius 1 is 1.08 bits per heavy atom. The maximum atomic E-state index is 13.6. The van der Waals surface area contributed by atoms with Gasteiger partial charge in [0.25, 0.3) is 0 Å². The number of aryl methyl sites for hydroxylation is 1. The van der Waals surface area contributed by atoms with Crippen molar-refractivity contribution in [3.05, 3.63) is 76.0 Å². The molecular formula is C28H33N3O5S. The lowest BCUT2D eigenvalue weighted by Gasteiger charge is -2.37. The fourth-order valence-corrected chi connectivity index (χ4v) is 5.26. The number of nitrogens with zero attached hydrogens (tertiary/aromatic N) is 2. The number of nitrogens with one attached hydrogen (secondary N) is 1. The first-order valence-electron chi connectivity index (χ1n) is 12.2. The molecule has 4 rings (SSSR count). The van der Waals surface area contributed by atoms with E-state index in [1.54, 1.807) is 25.6 Å². The highest BCUT2D eigenvalue weighted by Crippen LogP contribution is 2.35. The minimum Gasteiger partial charge on any atom is -0.493 e. The van der Waals surface area contributed by atoms with E-state index in [0.717, 1.165) is 17.5 Å². The van der Waals surface area contributed by atoms with Gasteiger partial charge in [0.15, 0.2) is 11.5 Å². The molecule has 3 amide bonds. The lowest BCUT2D eigenvalue weighted by Crippen LogP contribution is -2.49. The number of anilines is 1. The lowest BCUT2D eigenvalue weighted by molar-refractivity contribution is -0.135. The summed E-state index contributed by atoms with van der Waals surface area (Å²) in [7, 11) is 3.18. The molecular weight excluding hydrogens is 490 g/mol. The van der Waals surface area contributed by atoms with Gasteiger partial charge in [-0.25, -0.2) is 4.79 Å². The Kier molecular flexibility index (Phi) is 9.03. The van der Waals surface area contributed by atoms with Gasteiger partial charge in [0.2, 0.25) is 5.91 Å². The van der Waals surface area contributed by atoms with Crippen LogP contribution in [0.3, 0.4) is 0 Å². The molecule has 9 heteroatoms. The van der Waals surface area contributed by atoms with Crippen LogP contribution >= 0.6 is 11.3 Å². The Labute approximate surface area is 221 Å². The quantitative estimate of drug-likeness (QED) is 0.415. The van der Waals surface area contributed by atoms with Crippen molar-refractivity contribution in [2.24, 2.45) is 0 Å². The zero-order valence-corrected chi connectivity index (χ0v) is 22.3. The van der Waals surface area contributed by atoms with Gasteiger partial charge in [0, 0.05) is 30.8 Å². The van der Waals surface area contributed by atoms with E-state index < -0.39 is 0 Å². The number of methoxy groups -OCH3 is 2. The minimum atomic E-state index is -0.343. The van der Waals surface area contributed by atoms with Crippen LogP contribution in [0.5, 0.6) is 11.5 Å². The molecule has 0 unspecified atom stereocenters. The smallest absolute Gasteiger partial charge is 0.322 e. The van der Waals surface area contributed by atoms with Crippen molar-refractivity contribution in [2.45, 2.75) is 19.4 Å². The second-order valence-electron chi connectivity index (χ2n) is 8.82. The second-order valence-corrected chi connectivity index (χ2v) is 9.83. The zero-order valence-electron chi connectivity index (χ0n) is 21.4. The molecule has 0 radical (unpaired) electrons. The third kappa shape index (κ3) is 6.61. The van der Waals surface area contributed by atoms with Gasteiger partial charge in [0.1, 0.15) is 13.2 Å². The zero-order chi connectivity index (χ0) is 26.2. The highest BCUT2D eigenvalue weighted by molar-refractivity contribution is 7.10. The summed E-state index contributed by atoms with van der Waals surface area (Å²) >= 11 is 1.70. The summed E-state index contributed by atoms with van der Waals surface area (Å²) in [6.07, 6.45) is 0.775. The van der Waals surface area contributed by atoms with E-state index in [0.29, 0.717) is 36.9 Å². The second kappa shape index (κ2) is 12.6. The summed E-state index contributed by atoms with van der Waals surface area (Å²) in [6, 6.07) is 16.5. The summed E-state index contributed by atoms with van der Waals surface area (Å²) in [4.78, 5) is 31.3. The number of para-hydroxylation sites is 2. The van der Waals surface area contributed by atoms with Crippen molar-refractivity contribution < 1.29 is 23.8 Å². The summed E-state index contributed by atoms with van der Waals surface area (Å²) in [5.41, 5.74) is 2.87. The van der Waals surface area contributed by atoms with Gasteiger partial charge < -0.3 is 29.3 Å². The number of rotatable bonds is 10. The first-order chi connectivity index (χ1) is 18.0. The Hall–Kier alpha value is -3.56. The number of fused-ring (bicyclic) bond motifs is 1. The summed E-state index contributed by atoms with van der Waals surface area (Å²) in [5.74, 6) is 1.12. The Morgan fingerprint density at radius 3 is 2.57 bits per heavy atom. The highest BCUT2D eigenvalue weighted by atomic mass is 32.1. The first kappa shape index (κ1) is 26.5. The van der Waals surface area contributed by atoms with E-state index in [9.17, 15) is 9.59 Å². The fourth-order valence-electron chi connectivity index (χ4n) is 4.33. The van der Waals surface area contributed by atoms with Gasteiger partial charge in [-0.05, 0) is 54.6 Å². The number of hydrogen-bond acceptors (Lipinski definition) is 6. The van der Waals surface area contributed by atoms with Crippen LogP contribution in [0, 0.1) is 6.92 Å². The van der Waals surface area contributed by atoms with Crippen LogP contribution in [-0.4, -0.2) is 68.8 Å². The van der Waals surface area contributed by atoms with E-state index >= 15 is 0 Å². The normalized spacial score (nSPS) is 14.6. The maximum absolute atomic E-state index is 13.6. The van der Waals surface area contributed by atoms with Gasteiger partial charge in [-0.1, -0.05) is 29.8 Å². The van der Waals surface area contributed by atoms with E-state index in [1.807, 2.05) is 60.4 Å². The summed E-state index contributed by atoms with van der Waals surface area (Å²) < 4.78 is 16.8. The van der Waals surface area contributed by atoms with Gasteiger partial charge >= 0.3 is 6.03 Å². The van der Waals surface area contributed by atoms with Gasteiger partial charge in [-0.15, -0.1) is 11.3 Å². The molecule has 2 heterocycles. The highest BCUT2D eigenvalue weighted by Gasteiger charge is 2.33. The largest absolute Gasteiger partial charge is 0.493 e. The van der Waals surface area contributed by atoms with Crippen LogP contribution in [0.25, 0.3) is 0 Å². The molecule has 0 saturated carbocycles. The molecule has 8 nitrogen and oxygen atoms in total. The Bertz CT molecular complexity index is 1200. The Morgan fingerprint density at radius 2 is 1.84 bits per heavy atom. The topological polar surface area (TPSA) is 80.3 Å². The Balaban J connectivity index is 1.49. The molecule has 2 aromatic carbocycles. The minimum absolute atomic E-state index is 0.0638. The number of urea groups is 1. The molecule has 37 heavy (non-hydrogen) atoms. The molecule has 3 aromatic rings. The predicted octanol–water partition coefficient (Wildman–Crippen LogP) is 4.75. The van der Waals surface area contributed by atoms with Crippen molar-refractivity contribution in [1.82, 2.24) is 9.80 Å². The monoisotopic (exact) mass is 523 g/mol. The molecule has 1 aliphatic heterocycles. The van der Waals surface area contributed by atoms with Crippen molar-refractivity contribution in [3.8, 4) is 11.5 Å². The van der Waals surface area contributed by atoms with Gasteiger partial charge in [0.05, 0.1) is 19.8 Å². The van der Waals surface area contributed by atoms with Crippen molar-refractivity contribution in [2.75, 3.05) is 52.4 Å². The average molecular weight is 524 g/mol. The fraction of sp³-hybridized carbons (Fsp3) is 0.357. The van der Waals surface area contributed by atoms with Crippen molar-refractivity contribution in [1.29, 1.82) is 0 Å². The average Bonchev–Trinajstić information content (AvgIpc) is 3.40. The van der Waals surface area contributed by atoms with Crippen LogP contribution < -0.4 is 14.8 Å². The van der Waals surface area contributed by atoms with Crippen LogP contribution in [0.4, 0.5) is 10.5 Å². The van der Waals surface area contributed by atoms with Crippen LogP contribution in [0.15, 0.2) is 60.0 Å². The lowest BCUT2D eigenvalue weighted by atomic mass is 10.0. The standard InChI is InChI=1S/C28H33N3O5S/c1-20-8-10-21(11-9-20)29-28(33)30(15-16-34-2)18-27(32)31-14-12-26-22(13-17-37-26)23(31)19-36-25-7-5-4-6-24(25)35-3/h4-11,13,17,23H,12,14-16,18-19H2,1-3H3,(H,29,33)/t23-/m0/s1. The van der Waals surface area contributed by atoms with E-state index in [4.69, 9.17) is 14.2 Å². The molecule has 196 valence electrons. The maximum Gasteiger partial charge on any atom is 0.322 e. The van der Waals surface area contributed by atoms with Gasteiger partial charge in [-0.3, -0.25) is 4.79 Å². The number of ether oxygens (including phenoxy) is 3. The summed E-state index contributed by atoms with van der Waals surface area (Å²) in [6.45, 7) is 3.38. The van der Waals surface area contributed by atoms with Gasteiger partial charge in [-0.2, -0.15) is 0 Å². The number of thiophene rings is 1. The molecule has 0 aliphatic carbocycles. The molecule has 0 bridgehead atoms. The molecule has 1 atom stereocenters. The molecule has 1 aliphatic rings. The number of amides is 3. The molecule has 1 aromatic heterocycles. The predicted molar refractivity (Wildman–Crippen MR) is 145 cm³/mol. The van der Waals surface area contributed by atoms with E-state index in [2.05, 4.69) is 16.8 Å². The van der Waals surface area contributed by atoms with Crippen molar-refractivity contribution in [3.63, 3.8) is 0 Å². The first-order valence-corrected chi connectivity index (χ1v) is 13.1. The molecule has 0 saturated heterocycles. The molecule has 1 N–H and O–H groups in total. The SMILES string of the molecule is COCCN(CC(=O)N1CCc2sccc2[C@@H]1COc1ccccc1OC)C(=O)Nc1ccc(C)cc1. The molecule has 0 spiro atoms. The van der Waals surface area contributed by atoms with Crippen LogP contribution in [0.1, 0.15) is 22.0 Å². The number of benzene rings is 2. The van der Waals surface area contributed by atoms with Crippen LogP contribution in [-0.2, 0) is 16.0 Å². The molecule has 0 fully saturated rings. The van der Waals surface area contributed by atoms with E-state index in [1.165, 1.54) is 9.78 Å². The number of carbonyl (C=O) groups excluding carboxylic acids is 2. The summed E-state index contributed by atoms with van der Waals surface area (Å²) in [5, 5.41) is 4.94. The number of carbonyl (C=O) groups is 2. The number of hydrogen-bond donors (Lipinski definition) is 1. The van der Waals surface area contributed by atoms with E-state index in [-0.39, 0.29) is 31.1 Å². The van der Waals surface area contributed by atoms with Crippen molar-refractivity contribution >= 4 is 29.0 Å². The third-order valence-corrected chi connectivity index (χ3v) is 7.36.